The Kier molecular flexibility index (Phi) is 5.86. The van der Waals surface area contributed by atoms with Gasteiger partial charge in [0.15, 0.2) is 0 Å². The van der Waals surface area contributed by atoms with Gasteiger partial charge < -0.3 is 15.2 Å². The van der Waals surface area contributed by atoms with Crippen LogP contribution in [0.4, 0.5) is 0 Å². The first-order valence-electron chi connectivity index (χ1n) is 7.81. The SMILES string of the molecule is COc1ccc(C2(NCCCCCO)CCCC2)cc1. The lowest BCUT2D eigenvalue weighted by Crippen LogP contribution is -2.40. The predicted octanol–water partition coefficient (Wildman–Crippen LogP) is 3.22. The van der Waals surface area contributed by atoms with Gasteiger partial charge >= 0.3 is 0 Å². The molecule has 3 nitrogen and oxygen atoms in total. The molecule has 2 rings (SSSR count). The summed E-state index contributed by atoms with van der Waals surface area (Å²) in [6.07, 6.45) is 8.20. The van der Waals surface area contributed by atoms with Crippen LogP contribution in [0.15, 0.2) is 24.3 Å². The average molecular weight is 277 g/mol. The molecule has 1 aromatic rings. The van der Waals surface area contributed by atoms with E-state index in [0.717, 1.165) is 31.6 Å². The van der Waals surface area contributed by atoms with E-state index < -0.39 is 0 Å². The number of ether oxygens (including phenoxy) is 1. The minimum Gasteiger partial charge on any atom is -0.497 e. The van der Waals surface area contributed by atoms with Crippen LogP contribution in [-0.4, -0.2) is 25.4 Å². The fourth-order valence-corrected chi connectivity index (χ4v) is 3.20. The Morgan fingerprint density at radius 2 is 1.80 bits per heavy atom. The molecular formula is C17H27NO2. The second-order valence-electron chi connectivity index (χ2n) is 5.73. The molecule has 2 N–H and O–H groups in total. The lowest BCUT2D eigenvalue weighted by atomic mass is 9.88. The molecule has 112 valence electrons. The van der Waals surface area contributed by atoms with E-state index >= 15 is 0 Å². The maximum absolute atomic E-state index is 8.82. The Labute approximate surface area is 122 Å². The molecule has 1 saturated carbocycles. The highest BCUT2D eigenvalue weighted by Gasteiger charge is 2.34. The molecule has 0 saturated heterocycles. The van der Waals surface area contributed by atoms with Gasteiger partial charge in [-0.1, -0.05) is 25.0 Å². The molecule has 0 unspecified atom stereocenters. The predicted molar refractivity (Wildman–Crippen MR) is 82.1 cm³/mol. The van der Waals surface area contributed by atoms with Crippen LogP contribution in [0.5, 0.6) is 5.75 Å². The third-order valence-electron chi connectivity index (χ3n) is 4.40. The standard InChI is InChI=1S/C17H27NO2/c1-20-16-9-7-15(8-10-16)17(11-3-4-12-17)18-13-5-2-6-14-19/h7-10,18-19H,2-6,11-14H2,1H3. The number of benzene rings is 1. The van der Waals surface area contributed by atoms with E-state index in [1.165, 1.54) is 31.2 Å². The lowest BCUT2D eigenvalue weighted by Gasteiger charge is -2.31. The lowest BCUT2D eigenvalue weighted by molar-refractivity contribution is 0.279. The van der Waals surface area contributed by atoms with Gasteiger partial charge in [-0.05, 0) is 56.3 Å². The summed E-state index contributed by atoms with van der Waals surface area (Å²) >= 11 is 0. The minimum absolute atomic E-state index is 0.158. The molecule has 20 heavy (non-hydrogen) atoms. The highest BCUT2D eigenvalue weighted by molar-refractivity contribution is 5.32. The van der Waals surface area contributed by atoms with Gasteiger partial charge in [0.1, 0.15) is 5.75 Å². The number of methoxy groups -OCH3 is 1. The summed E-state index contributed by atoms with van der Waals surface area (Å²) in [6.45, 7) is 1.34. The van der Waals surface area contributed by atoms with Gasteiger partial charge in [-0.15, -0.1) is 0 Å². The summed E-state index contributed by atoms with van der Waals surface area (Å²) in [6, 6.07) is 8.52. The van der Waals surface area contributed by atoms with Crippen LogP contribution in [-0.2, 0) is 5.54 Å². The number of aliphatic hydroxyl groups is 1. The first kappa shape index (κ1) is 15.3. The van der Waals surface area contributed by atoms with Crippen molar-refractivity contribution in [1.29, 1.82) is 0 Å². The molecule has 3 heteroatoms. The van der Waals surface area contributed by atoms with E-state index in [-0.39, 0.29) is 5.54 Å². The van der Waals surface area contributed by atoms with Crippen LogP contribution >= 0.6 is 0 Å². The number of aliphatic hydroxyl groups excluding tert-OH is 1. The molecule has 1 aliphatic carbocycles. The maximum Gasteiger partial charge on any atom is 0.118 e. The smallest absolute Gasteiger partial charge is 0.118 e. The quantitative estimate of drug-likeness (QED) is 0.717. The summed E-state index contributed by atoms with van der Waals surface area (Å²) in [5.41, 5.74) is 1.55. The number of hydrogen-bond acceptors (Lipinski definition) is 3. The van der Waals surface area contributed by atoms with Gasteiger partial charge in [-0.25, -0.2) is 0 Å². The Balaban J connectivity index is 1.97. The molecule has 1 fully saturated rings. The third kappa shape index (κ3) is 3.74. The zero-order chi connectivity index (χ0) is 14.3. The van der Waals surface area contributed by atoms with Gasteiger partial charge in [0.2, 0.25) is 0 Å². The normalized spacial score (nSPS) is 17.3. The summed E-state index contributed by atoms with van der Waals surface area (Å²) in [4.78, 5) is 0. The van der Waals surface area contributed by atoms with Crippen molar-refractivity contribution in [3.8, 4) is 5.75 Å². The fraction of sp³-hybridized carbons (Fsp3) is 0.647. The number of nitrogens with one attached hydrogen (secondary N) is 1. The molecule has 0 aromatic heterocycles. The number of hydrogen-bond donors (Lipinski definition) is 2. The number of unbranched alkanes of at least 4 members (excludes halogenated alkanes) is 2. The first-order chi connectivity index (χ1) is 9.80. The van der Waals surface area contributed by atoms with Crippen LogP contribution in [0.3, 0.4) is 0 Å². The van der Waals surface area contributed by atoms with Crippen molar-refractivity contribution in [2.75, 3.05) is 20.3 Å². The molecule has 1 aliphatic rings. The van der Waals surface area contributed by atoms with E-state index in [0.29, 0.717) is 6.61 Å². The van der Waals surface area contributed by atoms with E-state index in [1.807, 2.05) is 0 Å². The van der Waals surface area contributed by atoms with Gasteiger partial charge in [-0.2, -0.15) is 0 Å². The van der Waals surface area contributed by atoms with E-state index in [1.54, 1.807) is 7.11 Å². The van der Waals surface area contributed by atoms with Crippen molar-refractivity contribution in [3.05, 3.63) is 29.8 Å². The topological polar surface area (TPSA) is 41.5 Å². The van der Waals surface area contributed by atoms with Crippen molar-refractivity contribution >= 4 is 0 Å². The first-order valence-corrected chi connectivity index (χ1v) is 7.81. The van der Waals surface area contributed by atoms with Crippen LogP contribution < -0.4 is 10.1 Å². The highest BCUT2D eigenvalue weighted by Crippen LogP contribution is 2.39. The monoisotopic (exact) mass is 277 g/mol. The van der Waals surface area contributed by atoms with Crippen molar-refractivity contribution in [1.82, 2.24) is 5.32 Å². The van der Waals surface area contributed by atoms with Crippen LogP contribution in [0.2, 0.25) is 0 Å². The largest absolute Gasteiger partial charge is 0.497 e. The van der Waals surface area contributed by atoms with Crippen molar-refractivity contribution < 1.29 is 9.84 Å². The van der Waals surface area contributed by atoms with Gasteiger partial charge in [-0.3, -0.25) is 0 Å². The van der Waals surface area contributed by atoms with E-state index in [4.69, 9.17) is 9.84 Å². The second kappa shape index (κ2) is 7.65. The van der Waals surface area contributed by atoms with Gasteiger partial charge in [0.25, 0.3) is 0 Å². The summed E-state index contributed by atoms with van der Waals surface area (Å²) in [5.74, 6) is 0.921. The van der Waals surface area contributed by atoms with Crippen molar-refractivity contribution in [3.63, 3.8) is 0 Å². The third-order valence-corrected chi connectivity index (χ3v) is 4.40. The Morgan fingerprint density at radius 1 is 1.10 bits per heavy atom. The molecule has 0 radical (unpaired) electrons. The van der Waals surface area contributed by atoms with Gasteiger partial charge in [0, 0.05) is 12.1 Å². The fourth-order valence-electron chi connectivity index (χ4n) is 3.20. The van der Waals surface area contributed by atoms with Crippen LogP contribution in [0.1, 0.15) is 50.5 Å². The molecule has 0 spiro atoms. The van der Waals surface area contributed by atoms with E-state index in [2.05, 4.69) is 29.6 Å². The molecule has 0 amide bonds. The minimum atomic E-state index is 0.158. The van der Waals surface area contributed by atoms with E-state index in [9.17, 15) is 0 Å². The Bertz CT molecular complexity index is 382. The average Bonchev–Trinajstić information content (AvgIpc) is 2.97. The highest BCUT2D eigenvalue weighted by atomic mass is 16.5. The number of rotatable bonds is 8. The Hall–Kier alpha value is -1.06. The van der Waals surface area contributed by atoms with Crippen LogP contribution in [0, 0.1) is 0 Å². The Morgan fingerprint density at radius 3 is 2.40 bits per heavy atom. The molecule has 1 aromatic carbocycles. The summed E-state index contributed by atoms with van der Waals surface area (Å²) in [7, 11) is 1.71. The molecule has 0 aliphatic heterocycles. The second-order valence-corrected chi connectivity index (χ2v) is 5.73. The van der Waals surface area contributed by atoms with Gasteiger partial charge in [0.05, 0.1) is 7.11 Å². The maximum atomic E-state index is 8.82. The summed E-state index contributed by atoms with van der Waals surface area (Å²) < 4.78 is 5.25. The molecular weight excluding hydrogens is 250 g/mol. The van der Waals surface area contributed by atoms with Crippen LogP contribution in [0.25, 0.3) is 0 Å². The zero-order valence-corrected chi connectivity index (χ0v) is 12.5. The molecule has 0 heterocycles. The summed E-state index contributed by atoms with van der Waals surface area (Å²) in [5, 5.41) is 12.6. The zero-order valence-electron chi connectivity index (χ0n) is 12.5. The molecule has 0 atom stereocenters. The van der Waals surface area contributed by atoms with Crippen molar-refractivity contribution in [2.24, 2.45) is 0 Å². The van der Waals surface area contributed by atoms with Crippen molar-refractivity contribution in [2.45, 2.75) is 50.5 Å². The molecule has 0 bridgehead atoms.